The van der Waals surface area contributed by atoms with E-state index in [1.165, 1.54) is 11.3 Å². The largest absolute Gasteiger partial charge is 0.317 e. The van der Waals surface area contributed by atoms with E-state index in [0.717, 1.165) is 38.2 Å². The molecule has 1 saturated heterocycles. The summed E-state index contributed by atoms with van der Waals surface area (Å²) in [7, 11) is 0. The molecule has 0 bridgehead atoms. The smallest absolute Gasteiger partial charge is 0.240 e. The van der Waals surface area contributed by atoms with Crippen LogP contribution in [0.3, 0.4) is 0 Å². The minimum Gasteiger partial charge on any atom is -0.317 e. The number of piperidine rings is 1. The molecule has 19 heavy (non-hydrogen) atoms. The highest BCUT2D eigenvalue weighted by Crippen LogP contribution is 2.15. The van der Waals surface area contributed by atoms with Crippen LogP contribution in [0.1, 0.15) is 25.5 Å². The summed E-state index contributed by atoms with van der Waals surface area (Å²) in [5.41, 5.74) is 0.950. The molecule has 2 N–H and O–H groups in total. The molecule has 1 amide bonds. The maximum absolute atomic E-state index is 12.0. The topological polar surface area (TPSA) is 57.3 Å². The van der Waals surface area contributed by atoms with Gasteiger partial charge in [-0.15, -0.1) is 11.3 Å². The first-order chi connectivity index (χ1) is 9.19. The third-order valence-electron chi connectivity index (χ3n) is 3.44. The molecule has 1 aliphatic heterocycles. The van der Waals surface area contributed by atoms with Gasteiger partial charge in [-0.2, -0.15) is 0 Å². The number of hydrogen-bond acceptors (Lipinski definition) is 5. The highest BCUT2D eigenvalue weighted by Gasteiger charge is 2.21. The van der Waals surface area contributed by atoms with Gasteiger partial charge in [-0.25, -0.2) is 4.98 Å². The Labute approximate surface area is 118 Å². The lowest BCUT2D eigenvalue weighted by Crippen LogP contribution is -2.46. The fourth-order valence-corrected chi connectivity index (χ4v) is 3.13. The molecule has 2 heterocycles. The van der Waals surface area contributed by atoms with Gasteiger partial charge in [-0.1, -0.05) is 6.92 Å². The Balaban J connectivity index is 1.85. The molecule has 0 saturated carbocycles. The molecule has 0 radical (unpaired) electrons. The summed E-state index contributed by atoms with van der Waals surface area (Å²) in [6.07, 6.45) is 2.25. The molecular formula is C13H22N4OS. The first-order valence-corrected chi connectivity index (χ1v) is 7.73. The van der Waals surface area contributed by atoms with Gasteiger partial charge in [0.2, 0.25) is 5.91 Å². The molecule has 0 unspecified atom stereocenters. The number of hydrogen-bond donors (Lipinski definition) is 2. The number of amides is 1. The Hall–Kier alpha value is -0.980. The highest BCUT2D eigenvalue weighted by molar-refractivity contribution is 7.13. The van der Waals surface area contributed by atoms with Crippen LogP contribution in [0.4, 0.5) is 5.13 Å². The third-order valence-corrected chi connectivity index (χ3v) is 4.32. The Kier molecular flexibility index (Phi) is 5.30. The molecule has 0 aromatic carbocycles. The second-order valence-corrected chi connectivity index (χ2v) is 5.74. The average Bonchev–Trinajstić information content (AvgIpc) is 2.82. The first kappa shape index (κ1) is 14.4. The van der Waals surface area contributed by atoms with E-state index in [1.807, 2.05) is 12.3 Å². The standard InChI is InChI=1S/C13H22N4OS/c1-3-17(11-4-6-14-7-5-11)8-12(18)16-13-15-10(2)9-19-13/h9,11,14H,3-8H2,1-2H3,(H,15,16,18). The van der Waals surface area contributed by atoms with E-state index < -0.39 is 0 Å². The lowest BCUT2D eigenvalue weighted by molar-refractivity contribution is -0.118. The summed E-state index contributed by atoms with van der Waals surface area (Å²) in [5, 5.41) is 8.87. The summed E-state index contributed by atoms with van der Waals surface area (Å²) in [6, 6.07) is 0.523. The predicted molar refractivity (Wildman–Crippen MR) is 78.6 cm³/mol. The molecule has 5 nitrogen and oxygen atoms in total. The van der Waals surface area contributed by atoms with Crippen molar-refractivity contribution in [3.8, 4) is 0 Å². The molecular weight excluding hydrogens is 260 g/mol. The number of carbonyl (C=O) groups excluding carboxylic acids is 1. The van der Waals surface area contributed by atoms with Crippen LogP contribution in [-0.2, 0) is 4.79 Å². The molecule has 1 fully saturated rings. The monoisotopic (exact) mass is 282 g/mol. The van der Waals surface area contributed by atoms with Crippen molar-refractivity contribution in [3.63, 3.8) is 0 Å². The highest BCUT2D eigenvalue weighted by atomic mass is 32.1. The number of aryl methyl sites for hydroxylation is 1. The Bertz CT molecular complexity index is 415. The van der Waals surface area contributed by atoms with Crippen LogP contribution in [0, 0.1) is 6.92 Å². The van der Waals surface area contributed by atoms with Crippen LogP contribution in [0.15, 0.2) is 5.38 Å². The molecule has 6 heteroatoms. The Morgan fingerprint density at radius 3 is 2.89 bits per heavy atom. The van der Waals surface area contributed by atoms with E-state index in [1.54, 1.807) is 0 Å². The molecule has 106 valence electrons. The maximum Gasteiger partial charge on any atom is 0.240 e. The first-order valence-electron chi connectivity index (χ1n) is 6.85. The SMILES string of the molecule is CCN(CC(=O)Nc1nc(C)cs1)C1CCNCC1. The van der Waals surface area contributed by atoms with Crippen molar-refractivity contribution < 1.29 is 4.79 Å². The number of nitrogens with zero attached hydrogens (tertiary/aromatic N) is 2. The molecule has 0 aliphatic carbocycles. The molecule has 0 atom stereocenters. The zero-order valence-corrected chi connectivity index (χ0v) is 12.4. The fourth-order valence-electron chi connectivity index (χ4n) is 2.43. The third kappa shape index (κ3) is 4.26. The van der Waals surface area contributed by atoms with E-state index in [-0.39, 0.29) is 5.91 Å². The maximum atomic E-state index is 12.0. The van der Waals surface area contributed by atoms with E-state index in [2.05, 4.69) is 27.4 Å². The van der Waals surface area contributed by atoms with Gasteiger partial charge >= 0.3 is 0 Å². The van der Waals surface area contributed by atoms with Crippen molar-refractivity contribution in [2.75, 3.05) is 31.5 Å². The summed E-state index contributed by atoms with van der Waals surface area (Å²) in [4.78, 5) is 18.5. The average molecular weight is 282 g/mol. The summed E-state index contributed by atoms with van der Waals surface area (Å²) in [6.45, 7) is 7.51. The van der Waals surface area contributed by atoms with Crippen LogP contribution in [0.2, 0.25) is 0 Å². The summed E-state index contributed by atoms with van der Waals surface area (Å²) < 4.78 is 0. The van der Waals surface area contributed by atoms with E-state index >= 15 is 0 Å². The van der Waals surface area contributed by atoms with Gasteiger partial charge in [-0.3, -0.25) is 9.69 Å². The number of aromatic nitrogens is 1. The lowest BCUT2D eigenvalue weighted by Gasteiger charge is -2.33. The number of anilines is 1. The Morgan fingerprint density at radius 2 is 2.32 bits per heavy atom. The van der Waals surface area contributed by atoms with Crippen molar-refractivity contribution >= 4 is 22.4 Å². The zero-order chi connectivity index (χ0) is 13.7. The van der Waals surface area contributed by atoms with Gasteiger partial charge < -0.3 is 10.6 Å². The van der Waals surface area contributed by atoms with Gasteiger partial charge in [0.25, 0.3) is 0 Å². The van der Waals surface area contributed by atoms with Crippen molar-refractivity contribution in [2.24, 2.45) is 0 Å². The second kappa shape index (κ2) is 6.98. The zero-order valence-electron chi connectivity index (χ0n) is 11.6. The lowest BCUT2D eigenvalue weighted by atomic mass is 10.0. The van der Waals surface area contributed by atoms with Crippen molar-refractivity contribution in [2.45, 2.75) is 32.7 Å². The van der Waals surface area contributed by atoms with Gasteiger partial charge in [0.15, 0.2) is 5.13 Å². The van der Waals surface area contributed by atoms with E-state index in [0.29, 0.717) is 17.7 Å². The Morgan fingerprint density at radius 1 is 1.58 bits per heavy atom. The number of thiazole rings is 1. The molecule has 0 spiro atoms. The van der Waals surface area contributed by atoms with Gasteiger partial charge in [0.1, 0.15) is 0 Å². The molecule has 1 aliphatic rings. The molecule has 1 aromatic rings. The summed E-state index contributed by atoms with van der Waals surface area (Å²) >= 11 is 1.48. The number of rotatable bonds is 5. The van der Waals surface area contributed by atoms with E-state index in [9.17, 15) is 4.79 Å². The van der Waals surface area contributed by atoms with Gasteiger partial charge in [0, 0.05) is 11.4 Å². The molecule has 2 rings (SSSR count). The minimum atomic E-state index is 0.0368. The van der Waals surface area contributed by atoms with Crippen molar-refractivity contribution in [3.05, 3.63) is 11.1 Å². The quantitative estimate of drug-likeness (QED) is 0.858. The normalized spacial score (nSPS) is 16.8. The summed E-state index contributed by atoms with van der Waals surface area (Å²) in [5.74, 6) is 0.0368. The predicted octanol–water partition coefficient (Wildman–Crippen LogP) is 1.46. The van der Waals surface area contributed by atoms with Gasteiger partial charge in [0.05, 0.1) is 12.2 Å². The number of nitrogens with one attached hydrogen (secondary N) is 2. The second-order valence-electron chi connectivity index (χ2n) is 4.89. The van der Waals surface area contributed by atoms with Crippen molar-refractivity contribution in [1.29, 1.82) is 0 Å². The van der Waals surface area contributed by atoms with Crippen LogP contribution >= 0.6 is 11.3 Å². The number of likely N-dealkylation sites (N-methyl/N-ethyl adjacent to an activating group) is 1. The van der Waals surface area contributed by atoms with Crippen LogP contribution in [-0.4, -0.2) is 48.0 Å². The minimum absolute atomic E-state index is 0.0368. The van der Waals surface area contributed by atoms with Crippen LogP contribution in [0.25, 0.3) is 0 Å². The molecule has 1 aromatic heterocycles. The van der Waals surface area contributed by atoms with Crippen molar-refractivity contribution in [1.82, 2.24) is 15.2 Å². The number of carbonyl (C=O) groups is 1. The van der Waals surface area contributed by atoms with Crippen LogP contribution < -0.4 is 10.6 Å². The van der Waals surface area contributed by atoms with Gasteiger partial charge in [-0.05, 0) is 39.4 Å². The van der Waals surface area contributed by atoms with Crippen LogP contribution in [0.5, 0.6) is 0 Å². The van der Waals surface area contributed by atoms with E-state index in [4.69, 9.17) is 0 Å². The fraction of sp³-hybridized carbons (Fsp3) is 0.692.